The summed E-state index contributed by atoms with van der Waals surface area (Å²) in [5, 5.41) is 3.62. The van der Waals surface area contributed by atoms with Crippen molar-refractivity contribution < 1.29 is 19.1 Å². The average Bonchev–Trinajstić information content (AvgIpc) is 2.68. The van der Waals surface area contributed by atoms with E-state index in [-0.39, 0.29) is 36.1 Å². The van der Waals surface area contributed by atoms with Crippen LogP contribution in [0.3, 0.4) is 0 Å². The summed E-state index contributed by atoms with van der Waals surface area (Å²) in [4.78, 5) is 29.2. The van der Waals surface area contributed by atoms with Crippen LogP contribution in [0, 0.1) is 12.8 Å². The lowest BCUT2D eigenvalue weighted by atomic mass is 9.86. The standard InChI is InChI=1S/C23H31N3O4/c1-5-29-23(28)19-14(4)26-17-7-6-8-18(20(17)21(19)24)30-16-11-9-15(10-12-16)22(27)25-13(2)3/h6-8,13,15-16H,5,9-12H2,1-4H3,(H2,24,26)(H,25,27). The Kier molecular flexibility index (Phi) is 6.80. The highest BCUT2D eigenvalue weighted by molar-refractivity contribution is 6.07. The molecule has 0 spiro atoms. The molecule has 1 amide bonds. The number of fused-ring (bicyclic) bond motifs is 1. The van der Waals surface area contributed by atoms with Gasteiger partial charge in [0, 0.05) is 12.0 Å². The second kappa shape index (κ2) is 9.32. The van der Waals surface area contributed by atoms with Gasteiger partial charge in [0.1, 0.15) is 11.3 Å². The molecular weight excluding hydrogens is 382 g/mol. The van der Waals surface area contributed by atoms with E-state index < -0.39 is 5.97 Å². The number of benzene rings is 1. The first-order valence-electron chi connectivity index (χ1n) is 10.6. The number of anilines is 1. The summed E-state index contributed by atoms with van der Waals surface area (Å²) in [5.41, 5.74) is 8.22. The Morgan fingerprint density at radius 1 is 1.23 bits per heavy atom. The molecule has 162 valence electrons. The third-order valence-electron chi connectivity index (χ3n) is 5.44. The van der Waals surface area contributed by atoms with Gasteiger partial charge in [-0.1, -0.05) is 6.07 Å². The summed E-state index contributed by atoms with van der Waals surface area (Å²) in [6.45, 7) is 7.71. The number of nitrogen functional groups attached to an aromatic ring is 1. The molecule has 0 unspecified atom stereocenters. The number of hydrogen-bond acceptors (Lipinski definition) is 6. The van der Waals surface area contributed by atoms with Gasteiger partial charge >= 0.3 is 5.97 Å². The summed E-state index contributed by atoms with van der Waals surface area (Å²) >= 11 is 0. The average molecular weight is 414 g/mol. The SMILES string of the molecule is CCOC(=O)c1c(C)nc2cccc(OC3CCC(C(=O)NC(C)C)CC3)c2c1N. The van der Waals surface area contributed by atoms with Gasteiger partial charge in [0.05, 0.1) is 35.0 Å². The molecule has 1 aliphatic carbocycles. The molecule has 7 heteroatoms. The Hall–Kier alpha value is -2.83. The zero-order valence-electron chi connectivity index (χ0n) is 18.2. The van der Waals surface area contributed by atoms with E-state index >= 15 is 0 Å². The number of esters is 1. The maximum Gasteiger partial charge on any atom is 0.342 e. The molecule has 0 radical (unpaired) electrons. The van der Waals surface area contributed by atoms with Gasteiger partial charge in [-0.2, -0.15) is 0 Å². The molecule has 1 aliphatic rings. The number of carbonyl (C=O) groups excluding carboxylic acids is 2. The highest BCUT2D eigenvalue weighted by atomic mass is 16.5. The van der Waals surface area contributed by atoms with E-state index in [1.807, 2.05) is 32.0 Å². The summed E-state index contributed by atoms with van der Waals surface area (Å²) in [7, 11) is 0. The van der Waals surface area contributed by atoms with Crippen LogP contribution in [0.2, 0.25) is 0 Å². The molecule has 1 aromatic carbocycles. The zero-order valence-corrected chi connectivity index (χ0v) is 18.2. The molecule has 0 bridgehead atoms. The summed E-state index contributed by atoms with van der Waals surface area (Å²) in [5.74, 6) is 0.285. The molecule has 1 aromatic heterocycles. The molecule has 3 N–H and O–H groups in total. The predicted octanol–water partition coefficient (Wildman–Crippen LogP) is 3.76. The number of nitrogens with one attached hydrogen (secondary N) is 1. The van der Waals surface area contributed by atoms with Crippen molar-refractivity contribution in [3.8, 4) is 5.75 Å². The van der Waals surface area contributed by atoms with Crippen molar-refractivity contribution in [2.24, 2.45) is 5.92 Å². The van der Waals surface area contributed by atoms with Gasteiger partial charge < -0.3 is 20.5 Å². The van der Waals surface area contributed by atoms with Gasteiger partial charge in [-0.3, -0.25) is 9.78 Å². The Morgan fingerprint density at radius 2 is 1.93 bits per heavy atom. The van der Waals surface area contributed by atoms with Crippen molar-refractivity contribution in [3.63, 3.8) is 0 Å². The number of amides is 1. The number of ether oxygens (including phenoxy) is 2. The van der Waals surface area contributed by atoms with Crippen LogP contribution >= 0.6 is 0 Å². The van der Waals surface area contributed by atoms with E-state index in [1.165, 1.54) is 0 Å². The van der Waals surface area contributed by atoms with Gasteiger partial charge in [-0.05, 0) is 65.5 Å². The van der Waals surface area contributed by atoms with E-state index in [1.54, 1.807) is 13.8 Å². The number of nitrogens with zero attached hydrogens (tertiary/aromatic N) is 1. The first-order valence-corrected chi connectivity index (χ1v) is 10.6. The Morgan fingerprint density at radius 3 is 2.57 bits per heavy atom. The van der Waals surface area contributed by atoms with E-state index in [2.05, 4.69) is 10.3 Å². The molecular formula is C23H31N3O4. The minimum atomic E-state index is -0.478. The molecule has 0 saturated heterocycles. The lowest BCUT2D eigenvalue weighted by molar-refractivity contribution is -0.126. The van der Waals surface area contributed by atoms with Crippen molar-refractivity contribution >= 4 is 28.5 Å². The number of carbonyl (C=O) groups is 2. The van der Waals surface area contributed by atoms with Gasteiger partial charge in [-0.25, -0.2) is 4.79 Å². The molecule has 1 fully saturated rings. The van der Waals surface area contributed by atoms with Crippen LogP contribution in [0.5, 0.6) is 5.75 Å². The Bertz CT molecular complexity index is 934. The van der Waals surface area contributed by atoms with Crippen LogP contribution in [-0.4, -0.2) is 35.6 Å². The molecule has 3 rings (SSSR count). The van der Waals surface area contributed by atoms with Gasteiger partial charge in [0.25, 0.3) is 0 Å². The zero-order chi connectivity index (χ0) is 21.8. The van der Waals surface area contributed by atoms with Crippen LogP contribution in [-0.2, 0) is 9.53 Å². The van der Waals surface area contributed by atoms with E-state index in [0.717, 1.165) is 25.7 Å². The van der Waals surface area contributed by atoms with Crippen molar-refractivity contribution in [3.05, 3.63) is 29.5 Å². The van der Waals surface area contributed by atoms with Crippen LogP contribution in [0.1, 0.15) is 62.5 Å². The fraction of sp³-hybridized carbons (Fsp3) is 0.522. The fourth-order valence-electron chi connectivity index (χ4n) is 4.02. The predicted molar refractivity (Wildman–Crippen MR) is 117 cm³/mol. The number of rotatable bonds is 6. The largest absolute Gasteiger partial charge is 0.490 e. The van der Waals surface area contributed by atoms with Crippen LogP contribution in [0.4, 0.5) is 5.69 Å². The quantitative estimate of drug-likeness (QED) is 0.699. The molecule has 1 heterocycles. The second-order valence-electron chi connectivity index (χ2n) is 8.11. The molecule has 30 heavy (non-hydrogen) atoms. The maximum absolute atomic E-state index is 12.4. The lowest BCUT2D eigenvalue weighted by Gasteiger charge is -2.29. The third kappa shape index (κ3) is 4.66. The van der Waals surface area contributed by atoms with E-state index in [4.69, 9.17) is 15.2 Å². The number of aromatic nitrogens is 1. The van der Waals surface area contributed by atoms with Crippen LogP contribution < -0.4 is 15.8 Å². The van der Waals surface area contributed by atoms with Gasteiger partial charge in [0.15, 0.2) is 0 Å². The number of aryl methyl sites for hydroxylation is 1. The molecule has 2 aromatic rings. The first kappa shape index (κ1) is 21.9. The highest BCUT2D eigenvalue weighted by Crippen LogP contribution is 2.36. The molecule has 0 aliphatic heterocycles. The smallest absolute Gasteiger partial charge is 0.342 e. The Balaban J connectivity index is 1.81. The summed E-state index contributed by atoms with van der Waals surface area (Å²) in [6, 6.07) is 5.72. The third-order valence-corrected chi connectivity index (χ3v) is 5.44. The van der Waals surface area contributed by atoms with Crippen LogP contribution in [0.15, 0.2) is 18.2 Å². The minimum absolute atomic E-state index is 0.00885. The topological polar surface area (TPSA) is 104 Å². The molecule has 0 atom stereocenters. The highest BCUT2D eigenvalue weighted by Gasteiger charge is 2.28. The lowest BCUT2D eigenvalue weighted by Crippen LogP contribution is -2.38. The van der Waals surface area contributed by atoms with Crippen molar-refractivity contribution in [2.75, 3.05) is 12.3 Å². The Labute approximate surface area is 177 Å². The summed E-state index contributed by atoms with van der Waals surface area (Å²) < 4.78 is 11.4. The minimum Gasteiger partial charge on any atom is -0.490 e. The monoisotopic (exact) mass is 413 g/mol. The van der Waals surface area contributed by atoms with Crippen molar-refractivity contribution in [2.45, 2.75) is 65.5 Å². The number of pyridine rings is 1. The fourth-order valence-corrected chi connectivity index (χ4v) is 4.02. The second-order valence-corrected chi connectivity index (χ2v) is 8.11. The normalized spacial score (nSPS) is 19.0. The summed E-state index contributed by atoms with van der Waals surface area (Å²) in [6.07, 6.45) is 3.14. The maximum atomic E-state index is 12.4. The number of nitrogens with two attached hydrogens (primary N) is 1. The van der Waals surface area contributed by atoms with Gasteiger partial charge in [0.2, 0.25) is 5.91 Å². The van der Waals surface area contributed by atoms with E-state index in [0.29, 0.717) is 28.0 Å². The van der Waals surface area contributed by atoms with Gasteiger partial charge in [-0.15, -0.1) is 0 Å². The number of hydrogen-bond donors (Lipinski definition) is 2. The van der Waals surface area contributed by atoms with Crippen molar-refractivity contribution in [1.82, 2.24) is 10.3 Å². The first-order chi connectivity index (χ1) is 14.3. The van der Waals surface area contributed by atoms with Crippen molar-refractivity contribution in [1.29, 1.82) is 0 Å². The molecule has 1 saturated carbocycles. The molecule has 7 nitrogen and oxygen atoms in total. The van der Waals surface area contributed by atoms with Crippen LogP contribution in [0.25, 0.3) is 10.9 Å². The van der Waals surface area contributed by atoms with E-state index in [9.17, 15) is 9.59 Å².